The zero-order valence-electron chi connectivity index (χ0n) is 14.9. The molecule has 0 saturated heterocycles. The fourth-order valence-electron chi connectivity index (χ4n) is 2.55. The molecule has 134 valence electrons. The zero-order valence-corrected chi connectivity index (χ0v) is 14.9. The Labute approximate surface area is 148 Å². The van der Waals surface area contributed by atoms with Crippen molar-refractivity contribution in [2.45, 2.75) is 20.0 Å². The Bertz CT molecular complexity index is 687. The molecule has 1 unspecified atom stereocenters. The maximum atomic E-state index is 11.4. The molecule has 5 heteroatoms. The lowest BCUT2D eigenvalue weighted by atomic mass is 10.1. The maximum Gasteiger partial charge on any atom is 0.161 e. The number of aliphatic hydroxyl groups excluding tert-OH is 1. The van der Waals surface area contributed by atoms with Crippen LogP contribution in [-0.2, 0) is 0 Å². The van der Waals surface area contributed by atoms with Crippen LogP contribution in [0.3, 0.4) is 0 Å². The zero-order chi connectivity index (χ0) is 18.2. The number of hydrogen-bond acceptors (Lipinski definition) is 5. The highest BCUT2D eigenvalue weighted by molar-refractivity contribution is 5.94. The number of hydrogen-bond donors (Lipinski definition) is 1. The maximum absolute atomic E-state index is 11.4. The fourth-order valence-corrected chi connectivity index (χ4v) is 2.55. The minimum absolute atomic E-state index is 0.0358. The van der Waals surface area contributed by atoms with Gasteiger partial charge in [-0.15, -0.1) is 0 Å². The molecule has 0 heterocycles. The highest BCUT2D eigenvalue weighted by Gasteiger charge is 2.14. The molecule has 0 aliphatic rings. The van der Waals surface area contributed by atoms with Gasteiger partial charge < -0.3 is 19.5 Å². The Morgan fingerprint density at radius 3 is 2.48 bits per heavy atom. The lowest BCUT2D eigenvalue weighted by molar-refractivity contribution is 0.101. The largest absolute Gasteiger partial charge is 0.493 e. The average Bonchev–Trinajstić information content (AvgIpc) is 2.64. The molecule has 0 aliphatic carbocycles. The molecule has 2 rings (SSSR count). The van der Waals surface area contributed by atoms with Gasteiger partial charge in [0.25, 0.3) is 0 Å². The Hall–Kier alpha value is -2.53. The van der Waals surface area contributed by atoms with Gasteiger partial charge in [0.1, 0.15) is 12.7 Å². The second-order valence-electron chi connectivity index (χ2n) is 5.76. The summed E-state index contributed by atoms with van der Waals surface area (Å²) in [4.78, 5) is 13.5. The van der Waals surface area contributed by atoms with Crippen LogP contribution in [0.4, 0.5) is 5.69 Å². The molecule has 0 amide bonds. The fraction of sp³-hybridized carbons (Fsp3) is 0.350. The van der Waals surface area contributed by atoms with Gasteiger partial charge in [0.15, 0.2) is 17.3 Å². The molecular weight excluding hydrogens is 318 g/mol. The molecule has 5 nitrogen and oxygen atoms in total. The third kappa shape index (κ3) is 5.22. The predicted octanol–water partition coefficient (Wildman–Crippen LogP) is 3.16. The number of carbonyl (C=O) groups is 1. The van der Waals surface area contributed by atoms with Crippen LogP contribution >= 0.6 is 0 Å². The van der Waals surface area contributed by atoms with E-state index >= 15 is 0 Å². The van der Waals surface area contributed by atoms with Gasteiger partial charge in [-0.1, -0.05) is 18.2 Å². The van der Waals surface area contributed by atoms with Crippen LogP contribution in [0.1, 0.15) is 24.2 Å². The third-order valence-electron chi connectivity index (χ3n) is 3.94. The number of nitrogens with zero attached hydrogens (tertiary/aromatic N) is 1. The first-order valence-electron chi connectivity index (χ1n) is 8.35. The summed E-state index contributed by atoms with van der Waals surface area (Å²) in [6.45, 7) is 4.94. The summed E-state index contributed by atoms with van der Waals surface area (Å²) in [6, 6.07) is 15.0. The van der Waals surface area contributed by atoms with Crippen molar-refractivity contribution < 1.29 is 19.4 Å². The van der Waals surface area contributed by atoms with Crippen LogP contribution in [0.2, 0.25) is 0 Å². The van der Waals surface area contributed by atoms with Gasteiger partial charge in [-0.25, -0.2) is 0 Å². The number of anilines is 1. The monoisotopic (exact) mass is 343 g/mol. The van der Waals surface area contributed by atoms with Crippen molar-refractivity contribution in [3.8, 4) is 11.5 Å². The molecule has 0 spiro atoms. The van der Waals surface area contributed by atoms with Gasteiger partial charge in [-0.3, -0.25) is 4.79 Å². The summed E-state index contributed by atoms with van der Waals surface area (Å²) in [6.07, 6.45) is -0.655. The summed E-state index contributed by atoms with van der Waals surface area (Å²) in [5, 5.41) is 10.3. The van der Waals surface area contributed by atoms with Gasteiger partial charge in [0.05, 0.1) is 7.11 Å². The molecule has 0 aliphatic heterocycles. The summed E-state index contributed by atoms with van der Waals surface area (Å²) in [5.41, 5.74) is 1.62. The van der Waals surface area contributed by atoms with E-state index in [4.69, 9.17) is 9.47 Å². The third-order valence-corrected chi connectivity index (χ3v) is 3.94. The van der Waals surface area contributed by atoms with Crippen LogP contribution < -0.4 is 14.4 Å². The van der Waals surface area contributed by atoms with E-state index in [2.05, 4.69) is 4.90 Å². The Balaban J connectivity index is 1.97. The number of Topliss-reactive ketones (excluding diaryl/α,β-unsaturated/α-hetero) is 1. The summed E-state index contributed by atoms with van der Waals surface area (Å²) in [7, 11) is 1.52. The van der Waals surface area contributed by atoms with E-state index in [0.29, 0.717) is 23.6 Å². The lowest BCUT2D eigenvalue weighted by Crippen LogP contribution is -2.35. The average molecular weight is 343 g/mol. The Kier molecular flexibility index (Phi) is 6.83. The Morgan fingerprint density at radius 2 is 1.88 bits per heavy atom. The van der Waals surface area contributed by atoms with Crippen LogP contribution in [0, 0.1) is 0 Å². The number of ether oxygens (including phenoxy) is 2. The van der Waals surface area contributed by atoms with Crippen LogP contribution in [0.25, 0.3) is 0 Å². The van der Waals surface area contributed by atoms with E-state index in [1.807, 2.05) is 37.3 Å². The summed E-state index contributed by atoms with van der Waals surface area (Å²) < 4.78 is 11.0. The van der Waals surface area contributed by atoms with Crippen molar-refractivity contribution in [1.29, 1.82) is 0 Å². The van der Waals surface area contributed by atoms with E-state index in [1.165, 1.54) is 14.0 Å². The highest BCUT2D eigenvalue weighted by Crippen LogP contribution is 2.28. The van der Waals surface area contributed by atoms with Crippen molar-refractivity contribution in [3.63, 3.8) is 0 Å². The smallest absolute Gasteiger partial charge is 0.161 e. The van der Waals surface area contributed by atoms with Crippen molar-refractivity contribution >= 4 is 11.5 Å². The lowest BCUT2D eigenvalue weighted by Gasteiger charge is -2.26. The van der Waals surface area contributed by atoms with Crippen molar-refractivity contribution in [2.24, 2.45) is 0 Å². The molecule has 0 saturated carbocycles. The second-order valence-corrected chi connectivity index (χ2v) is 5.76. The molecular formula is C20H25NO4. The number of ketones is 1. The SMILES string of the molecule is CCN(CC(O)COc1ccc(C(C)=O)cc1OC)c1ccccc1. The molecule has 0 aromatic heterocycles. The van der Waals surface area contributed by atoms with E-state index in [1.54, 1.807) is 18.2 Å². The molecule has 1 N–H and O–H groups in total. The topological polar surface area (TPSA) is 59.0 Å². The van der Waals surface area contributed by atoms with E-state index in [-0.39, 0.29) is 12.4 Å². The number of rotatable bonds is 9. The highest BCUT2D eigenvalue weighted by atomic mass is 16.5. The quantitative estimate of drug-likeness (QED) is 0.709. The number of aliphatic hydroxyl groups is 1. The van der Waals surface area contributed by atoms with Crippen molar-refractivity contribution in [3.05, 3.63) is 54.1 Å². The number of carbonyl (C=O) groups excluding carboxylic acids is 1. The van der Waals surface area contributed by atoms with E-state index in [9.17, 15) is 9.90 Å². The molecule has 2 aromatic rings. The number of methoxy groups -OCH3 is 1. The van der Waals surface area contributed by atoms with Crippen LogP contribution in [0.5, 0.6) is 11.5 Å². The molecule has 0 bridgehead atoms. The second kappa shape index (κ2) is 9.08. The van der Waals surface area contributed by atoms with Gasteiger partial charge in [-0.05, 0) is 44.2 Å². The number of likely N-dealkylation sites (N-methyl/N-ethyl adjacent to an activating group) is 1. The molecule has 1 atom stereocenters. The van der Waals surface area contributed by atoms with E-state index in [0.717, 1.165) is 12.2 Å². The number of para-hydroxylation sites is 1. The van der Waals surface area contributed by atoms with Gasteiger partial charge in [0, 0.05) is 24.3 Å². The minimum atomic E-state index is -0.655. The normalized spacial score (nSPS) is 11.7. The van der Waals surface area contributed by atoms with Crippen molar-refractivity contribution in [2.75, 3.05) is 31.7 Å². The first-order chi connectivity index (χ1) is 12.0. The molecule has 2 aromatic carbocycles. The molecule has 0 radical (unpaired) electrons. The number of benzene rings is 2. The summed E-state index contributed by atoms with van der Waals surface area (Å²) in [5.74, 6) is 0.955. The van der Waals surface area contributed by atoms with Crippen LogP contribution in [-0.4, -0.2) is 43.8 Å². The van der Waals surface area contributed by atoms with Gasteiger partial charge >= 0.3 is 0 Å². The van der Waals surface area contributed by atoms with Crippen LogP contribution in [0.15, 0.2) is 48.5 Å². The van der Waals surface area contributed by atoms with Crippen molar-refractivity contribution in [1.82, 2.24) is 0 Å². The van der Waals surface area contributed by atoms with Gasteiger partial charge in [0.2, 0.25) is 0 Å². The van der Waals surface area contributed by atoms with Gasteiger partial charge in [-0.2, -0.15) is 0 Å². The molecule has 0 fully saturated rings. The first kappa shape index (κ1) is 18.8. The predicted molar refractivity (Wildman–Crippen MR) is 98.8 cm³/mol. The Morgan fingerprint density at radius 1 is 1.16 bits per heavy atom. The van der Waals surface area contributed by atoms with E-state index < -0.39 is 6.10 Å². The standard InChI is InChI=1S/C20H25NO4/c1-4-21(17-8-6-5-7-9-17)13-18(23)14-25-19-11-10-16(15(2)22)12-20(19)24-3/h5-12,18,23H,4,13-14H2,1-3H3. The minimum Gasteiger partial charge on any atom is -0.493 e. The summed E-state index contributed by atoms with van der Waals surface area (Å²) >= 11 is 0. The molecule has 25 heavy (non-hydrogen) atoms. The first-order valence-corrected chi connectivity index (χ1v) is 8.35.